The van der Waals surface area contributed by atoms with E-state index >= 15 is 0 Å². The van der Waals surface area contributed by atoms with Gasteiger partial charge in [0.05, 0.1) is 23.0 Å². The fraction of sp³-hybridized carbons (Fsp3) is 0.0741. The Kier molecular flexibility index (Phi) is 5.78. The van der Waals surface area contributed by atoms with Gasteiger partial charge in [-0.15, -0.1) is 0 Å². The molecule has 0 aliphatic carbocycles. The molecule has 2 aromatic heterocycles. The van der Waals surface area contributed by atoms with Crippen LogP contribution in [-0.2, 0) is 17.4 Å². The average molecular weight is 472 g/mol. The molecule has 8 heteroatoms. The first-order chi connectivity index (χ1) is 16.8. The van der Waals surface area contributed by atoms with E-state index in [1.807, 2.05) is 54.6 Å². The van der Waals surface area contributed by atoms with Crippen LogP contribution in [0.4, 0.5) is 18.9 Å². The molecule has 0 spiro atoms. The maximum atomic E-state index is 13.0. The maximum absolute atomic E-state index is 13.0. The largest absolute Gasteiger partial charge is 0.416 e. The van der Waals surface area contributed by atoms with Crippen LogP contribution >= 0.6 is 0 Å². The molecule has 5 nitrogen and oxygen atoms in total. The molecule has 2 heterocycles. The molecule has 0 aliphatic rings. The van der Waals surface area contributed by atoms with E-state index < -0.39 is 11.7 Å². The number of hydrogen-bond donors (Lipinski definition) is 2. The van der Waals surface area contributed by atoms with E-state index in [9.17, 15) is 18.0 Å². The van der Waals surface area contributed by atoms with Gasteiger partial charge < -0.3 is 10.3 Å². The average Bonchev–Trinajstić information content (AvgIpc) is 3.28. The number of nitrogens with zero attached hydrogens (tertiary/aromatic N) is 2. The first kappa shape index (κ1) is 22.3. The third kappa shape index (κ3) is 5.06. The van der Waals surface area contributed by atoms with Crippen molar-refractivity contribution in [3.8, 4) is 22.5 Å². The number of amides is 1. The van der Waals surface area contributed by atoms with Gasteiger partial charge in [0, 0.05) is 23.6 Å². The minimum atomic E-state index is -4.42. The van der Waals surface area contributed by atoms with Gasteiger partial charge in [0.2, 0.25) is 5.91 Å². The van der Waals surface area contributed by atoms with Crippen molar-refractivity contribution in [3.63, 3.8) is 0 Å². The van der Waals surface area contributed by atoms with E-state index in [1.54, 1.807) is 18.5 Å². The standard InChI is InChI=1S/C27H19F3N4O/c28-27(29,30)21-9-10-23-24(15-21)34-26(33-23)20-7-1-5-18(13-20)19-6-2-8-22(14-19)32-25(35)12-17-4-3-11-31-16-17/h1-11,13-16H,12H2,(H,32,35)(H,33,34). The zero-order valence-corrected chi connectivity index (χ0v) is 18.3. The van der Waals surface area contributed by atoms with Crippen molar-refractivity contribution >= 4 is 22.6 Å². The summed E-state index contributed by atoms with van der Waals surface area (Å²) in [5, 5.41) is 2.90. The van der Waals surface area contributed by atoms with Crippen molar-refractivity contribution in [2.45, 2.75) is 12.6 Å². The predicted octanol–water partition coefficient (Wildman–Crippen LogP) is 6.49. The highest BCUT2D eigenvalue weighted by Gasteiger charge is 2.30. The van der Waals surface area contributed by atoms with Crippen LogP contribution in [-0.4, -0.2) is 20.9 Å². The summed E-state index contributed by atoms with van der Waals surface area (Å²) in [6.07, 6.45) is -0.888. The first-order valence-electron chi connectivity index (χ1n) is 10.8. The van der Waals surface area contributed by atoms with Crippen LogP contribution < -0.4 is 5.32 Å². The number of pyridine rings is 1. The quantitative estimate of drug-likeness (QED) is 0.307. The molecule has 3 aromatic carbocycles. The molecule has 0 bridgehead atoms. The number of halogens is 3. The molecule has 0 unspecified atom stereocenters. The second kappa shape index (κ2) is 9.06. The van der Waals surface area contributed by atoms with Gasteiger partial charge in [0.25, 0.3) is 0 Å². The molecule has 1 amide bonds. The summed E-state index contributed by atoms with van der Waals surface area (Å²) in [5.74, 6) is 0.325. The van der Waals surface area contributed by atoms with Gasteiger partial charge in [0.1, 0.15) is 5.82 Å². The fourth-order valence-corrected chi connectivity index (χ4v) is 3.84. The molecule has 35 heavy (non-hydrogen) atoms. The van der Waals surface area contributed by atoms with Gasteiger partial charge in [-0.05, 0) is 59.2 Å². The van der Waals surface area contributed by atoms with Crippen LogP contribution in [0.5, 0.6) is 0 Å². The van der Waals surface area contributed by atoms with E-state index in [0.717, 1.165) is 34.4 Å². The van der Waals surface area contributed by atoms with Crippen molar-refractivity contribution in [2.75, 3.05) is 5.32 Å². The summed E-state index contributed by atoms with van der Waals surface area (Å²) in [7, 11) is 0. The Labute approximate surface area is 198 Å². The number of benzene rings is 3. The number of fused-ring (bicyclic) bond motifs is 1. The lowest BCUT2D eigenvalue weighted by Crippen LogP contribution is -2.14. The molecule has 0 aliphatic heterocycles. The topological polar surface area (TPSA) is 70.7 Å². The number of carbonyl (C=O) groups excluding carboxylic acids is 1. The fourth-order valence-electron chi connectivity index (χ4n) is 3.84. The van der Waals surface area contributed by atoms with Gasteiger partial charge in [0.15, 0.2) is 0 Å². The number of nitrogens with one attached hydrogen (secondary N) is 2. The van der Waals surface area contributed by atoms with Crippen molar-refractivity contribution in [1.29, 1.82) is 0 Å². The lowest BCUT2D eigenvalue weighted by atomic mass is 10.0. The van der Waals surface area contributed by atoms with Crippen molar-refractivity contribution in [3.05, 3.63) is 102 Å². The van der Waals surface area contributed by atoms with Crippen molar-refractivity contribution < 1.29 is 18.0 Å². The van der Waals surface area contributed by atoms with Crippen molar-refractivity contribution in [2.24, 2.45) is 0 Å². The van der Waals surface area contributed by atoms with Crippen LogP contribution in [0.3, 0.4) is 0 Å². The predicted molar refractivity (Wildman–Crippen MR) is 129 cm³/mol. The Morgan fingerprint density at radius 1 is 0.886 bits per heavy atom. The minimum absolute atomic E-state index is 0.149. The van der Waals surface area contributed by atoms with E-state index in [1.165, 1.54) is 6.07 Å². The number of imidazole rings is 1. The normalized spacial score (nSPS) is 11.5. The third-order valence-electron chi connectivity index (χ3n) is 5.51. The van der Waals surface area contributed by atoms with E-state index in [-0.39, 0.29) is 12.3 Å². The number of H-pyrrole nitrogens is 1. The van der Waals surface area contributed by atoms with Crippen molar-refractivity contribution in [1.82, 2.24) is 15.0 Å². The van der Waals surface area contributed by atoms with Gasteiger partial charge in [-0.2, -0.15) is 13.2 Å². The third-order valence-corrected chi connectivity index (χ3v) is 5.51. The number of anilines is 1. The summed E-state index contributed by atoms with van der Waals surface area (Å²) in [6, 6.07) is 22.0. The molecule has 2 N–H and O–H groups in total. The number of aromatic nitrogens is 3. The number of aromatic amines is 1. The number of hydrogen-bond acceptors (Lipinski definition) is 3. The van der Waals surface area contributed by atoms with Crippen LogP contribution in [0.1, 0.15) is 11.1 Å². The highest BCUT2D eigenvalue weighted by molar-refractivity contribution is 5.93. The lowest BCUT2D eigenvalue weighted by molar-refractivity contribution is -0.137. The zero-order valence-electron chi connectivity index (χ0n) is 18.3. The summed E-state index contributed by atoms with van der Waals surface area (Å²) < 4.78 is 39.1. The molecular weight excluding hydrogens is 453 g/mol. The zero-order chi connectivity index (χ0) is 24.4. The van der Waals surface area contributed by atoms with Gasteiger partial charge in [-0.3, -0.25) is 9.78 Å². The van der Waals surface area contributed by atoms with Gasteiger partial charge in [-0.25, -0.2) is 4.98 Å². The second-order valence-corrected chi connectivity index (χ2v) is 8.06. The second-order valence-electron chi connectivity index (χ2n) is 8.06. The Bertz CT molecular complexity index is 1510. The van der Waals surface area contributed by atoms with E-state index in [4.69, 9.17) is 0 Å². The summed E-state index contributed by atoms with van der Waals surface area (Å²) in [6.45, 7) is 0. The van der Waals surface area contributed by atoms with Gasteiger partial charge >= 0.3 is 6.18 Å². The molecule has 0 atom stereocenters. The molecule has 5 aromatic rings. The van der Waals surface area contributed by atoms with Gasteiger partial charge in [-0.1, -0.05) is 36.4 Å². The van der Waals surface area contributed by atoms with E-state index in [2.05, 4.69) is 20.3 Å². The molecule has 0 saturated carbocycles. The summed E-state index contributed by atoms with van der Waals surface area (Å²) in [5.41, 5.74) is 4.01. The SMILES string of the molecule is O=C(Cc1cccnc1)Nc1cccc(-c2cccc(-c3nc4ccc(C(F)(F)F)cc4[nH]3)c2)c1. The smallest absolute Gasteiger partial charge is 0.338 e. The Morgan fingerprint density at radius 2 is 1.66 bits per heavy atom. The maximum Gasteiger partial charge on any atom is 0.416 e. The molecule has 174 valence electrons. The molecule has 0 fully saturated rings. The van der Waals surface area contributed by atoms with Crippen LogP contribution in [0.25, 0.3) is 33.5 Å². The molecule has 5 rings (SSSR count). The van der Waals surface area contributed by atoms with Crippen LogP contribution in [0.15, 0.2) is 91.3 Å². The van der Waals surface area contributed by atoms with E-state index in [0.29, 0.717) is 22.5 Å². The van der Waals surface area contributed by atoms with Crippen LogP contribution in [0.2, 0.25) is 0 Å². The summed E-state index contributed by atoms with van der Waals surface area (Å²) in [4.78, 5) is 23.9. The Morgan fingerprint density at radius 3 is 2.43 bits per heavy atom. The number of carbonyl (C=O) groups is 1. The Hall–Kier alpha value is -4.46. The number of alkyl halides is 3. The van der Waals surface area contributed by atoms with Crippen LogP contribution in [0, 0.1) is 0 Å². The Balaban J connectivity index is 1.38. The summed E-state index contributed by atoms with van der Waals surface area (Å²) >= 11 is 0. The highest BCUT2D eigenvalue weighted by atomic mass is 19.4. The highest BCUT2D eigenvalue weighted by Crippen LogP contribution is 2.32. The lowest BCUT2D eigenvalue weighted by Gasteiger charge is -2.09. The monoisotopic (exact) mass is 472 g/mol. The molecule has 0 saturated heterocycles. The molecular formula is C27H19F3N4O. The number of rotatable bonds is 5. The minimum Gasteiger partial charge on any atom is -0.338 e. The molecule has 0 radical (unpaired) electrons. The first-order valence-corrected chi connectivity index (χ1v) is 10.8.